The molecule has 1 aromatic carbocycles. The highest BCUT2D eigenvalue weighted by atomic mass is 16.9. The average Bonchev–Trinajstić information content (AvgIpc) is 2.85. The molecule has 0 aliphatic heterocycles. The van der Waals surface area contributed by atoms with Gasteiger partial charge >= 0.3 is 6.10 Å². The Morgan fingerprint density at radius 3 is 2.32 bits per heavy atom. The number of aromatic amines is 1. The summed E-state index contributed by atoms with van der Waals surface area (Å²) in [5.41, 5.74) is 0.467. The first kappa shape index (κ1) is 16.0. The molecule has 1 aromatic heterocycles. The first-order chi connectivity index (χ1) is 10.6. The lowest BCUT2D eigenvalue weighted by Gasteiger charge is -2.27. The number of hydrogen-bond acceptors (Lipinski definition) is 5. The van der Waals surface area contributed by atoms with E-state index in [4.69, 9.17) is 14.2 Å². The Morgan fingerprint density at radius 1 is 1.18 bits per heavy atom. The van der Waals surface area contributed by atoms with E-state index in [1.165, 1.54) is 32.2 Å². The Morgan fingerprint density at radius 2 is 1.77 bits per heavy atom. The van der Waals surface area contributed by atoms with Crippen molar-refractivity contribution in [3.8, 4) is 5.69 Å². The Hall–Kier alpha value is -2.35. The topological polar surface area (TPSA) is 77.5 Å². The van der Waals surface area contributed by atoms with Gasteiger partial charge in [0.05, 0.1) is 16.3 Å². The Labute approximate surface area is 127 Å². The molecule has 7 heteroatoms. The first-order valence-corrected chi connectivity index (χ1v) is 6.55. The fourth-order valence-electron chi connectivity index (χ4n) is 1.99. The highest BCUT2D eigenvalue weighted by Gasteiger charge is 2.28. The van der Waals surface area contributed by atoms with Crippen molar-refractivity contribution in [1.29, 1.82) is 0 Å². The van der Waals surface area contributed by atoms with E-state index in [0.717, 1.165) is 0 Å². The molecule has 2 N–H and O–H groups in total. The van der Waals surface area contributed by atoms with Crippen molar-refractivity contribution in [1.82, 2.24) is 15.1 Å². The van der Waals surface area contributed by atoms with Gasteiger partial charge in [0.2, 0.25) is 0 Å². The number of ether oxygens (including phenoxy) is 3. The molecule has 1 heterocycles. The number of nitrogens with zero attached hydrogens (tertiary/aromatic N) is 1. The van der Waals surface area contributed by atoms with Gasteiger partial charge in [-0.2, -0.15) is 0 Å². The van der Waals surface area contributed by atoms with Crippen molar-refractivity contribution < 1.29 is 14.2 Å². The summed E-state index contributed by atoms with van der Waals surface area (Å²) in [5, 5.41) is 6.50. The molecule has 7 nitrogen and oxygen atoms in total. The minimum absolute atomic E-state index is 0.249. The monoisotopic (exact) mass is 305 g/mol. The van der Waals surface area contributed by atoms with Crippen molar-refractivity contribution in [2.24, 2.45) is 0 Å². The Balaban J connectivity index is 2.46. The number of benzene rings is 1. The summed E-state index contributed by atoms with van der Waals surface area (Å²) in [5.74, 6) is 0. The van der Waals surface area contributed by atoms with Gasteiger partial charge in [-0.3, -0.25) is 9.89 Å². The van der Waals surface area contributed by atoms with Crippen LogP contribution in [-0.2, 0) is 14.2 Å². The predicted octanol–water partition coefficient (Wildman–Crippen LogP) is -0.546. The molecule has 118 valence electrons. The van der Waals surface area contributed by atoms with Crippen molar-refractivity contribution >= 4 is 12.8 Å². The van der Waals surface area contributed by atoms with E-state index in [9.17, 15) is 4.79 Å². The highest BCUT2D eigenvalue weighted by molar-refractivity contribution is 5.32. The van der Waals surface area contributed by atoms with Gasteiger partial charge < -0.3 is 19.5 Å². The first-order valence-electron chi connectivity index (χ1n) is 6.55. The Bertz CT molecular complexity index is 767. The normalized spacial score (nSPS) is 12.6. The summed E-state index contributed by atoms with van der Waals surface area (Å²) >= 11 is 0. The van der Waals surface area contributed by atoms with Crippen LogP contribution in [0.4, 0.5) is 0 Å². The minimum atomic E-state index is -1.46. The van der Waals surface area contributed by atoms with E-state index in [1.54, 1.807) is 0 Å². The molecule has 0 aliphatic carbocycles. The molecule has 0 atom stereocenters. The summed E-state index contributed by atoms with van der Waals surface area (Å²) in [7, 11) is 4.25. The van der Waals surface area contributed by atoms with Crippen molar-refractivity contribution in [3.05, 3.63) is 51.3 Å². The van der Waals surface area contributed by atoms with E-state index in [-0.39, 0.29) is 5.56 Å². The maximum Gasteiger partial charge on any atom is 0.373 e. The second-order valence-corrected chi connectivity index (χ2v) is 4.44. The second-order valence-electron chi connectivity index (χ2n) is 4.44. The minimum Gasteiger partial charge on any atom is -0.315 e. The zero-order chi connectivity index (χ0) is 16.2. The van der Waals surface area contributed by atoms with E-state index >= 15 is 0 Å². The summed E-state index contributed by atoms with van der Waals surface area (Å²) in [6.07, 6.45) is -0.0230. The smallest absolute Gasteiger partial charge is 0.315 e. The van der Waals surface area contributed by atoms with Crippen molar-refractivity contribution in [2.45, 2.75) is 6.10 Å². The third-order valence-electron chi connectivity index (χ3n) is 3.22. The quantitative estimate of drug-likeness (QED) is 0.701. The van der Waals surface area contributed by atoms with Crippen LogP contribution in [0, 0.1) is 0 Å². The van der Waals surface area contributed by atoms with E-state index < -0.39 is 6.10 Å². The standard InChI is InChI=1S/C15H19N3O4/c1-11-13(10-16-15(20-2,21-3)22-4)14(19)18(17-11)12-8-6-5-7-9-12/h5-10,16-17H,1H2,2-4H3. The summed E-state index contributed by atoms with van der Waals surface area (Å²) in [6.45, 7) is 3.84. The SMILES string of the molecule is C=c1[nH]n(-c2ccccc2)c(=O)c1=CNC(OC)(OC)OC. The maximum absolute atomic E-state index is 12.5. The fraction of sp³-hybridized carbons (Fsp3) is 0.267. The molecule has 0 aliphatic rings. The van der Waals surface area contributed by atoms with Crippen molar-refractivity contribution in [2.75, 3.05) is 21.3 Å². The zero-order valence-corrected chi connectivity index (χ0v) is 12.8. The molecule has 0 radical (unpaired) electrons. The number of aromatic nitrogens is 2. The highest BCUT2D eigenvalue weighted by Crippen LogP contribution is 2.06. The summed E-state index contributed by atoms with van der Waals surface area (Å²) in [4.78, 5) is 12.5. The van der Waals surface area contributed by atoms with Crippen LogP contribution in [0.15, 0.2) is 35.1 Å². The fourth-order valence-corrected chi connectivity index (χ4v) is 1.99. The number of para-hydroxylation sites is 1. The van der Waals surface area contributed by atoms with Gasteiger partial charge in [-0.25, -0.2) is 4.68 Å². The maximum atomic E-state index is 12.5. The number of nitrogens with one attached hydrogen (secondary N) is 2. The number of hydrogen-bond donors (Lipinski definition) is 2. The number of H-pyrrole nitrogens is 1. The van der Waals surface area contributed by atoms with Gasteiger partial charge in [0.15, 0.2) is 0 Å². The van der Waals surface area contributed by atoms with Crippen LogP contribution < -0.4 is 21.4 Å². The van der Waals surface area contributed by atoms with Crippen LogP contribution in [0.1, 0.15) is 0 Å². The van der Waals surface area contributed by atoms with Gasteiger partial charge in [0.1, 0.15) is 0 Å². The molecule has 0 unspecified atom stereocenters. The van der Waals surface area contributed by atoms with Gasteiger partial charge in [0, 0.05) is 27.5 Å². The lowest BCUT2D eigenvalue weighted by molar-refractivity contribution is -0.362. The largest absolute Gasteiger partial charge is 0.373 e. The number of rotatable bonds is 6. The molecule has 0 saturated carbocycles. The second kappa shape index (κ2) is 6.61. The third-order valence-corrected chi connectivity index (χ3v) is 3.22. The van der Waals surface area contributed by atoms with Gasteiger partial charge in [-0.15, -0.1) is 0 Å². The summed E-state index contributed by atoms with van der Waals surface area (Å²) < 4.78 is 16.7. The van der Waals surface area contributed by atoms with Crippen molar-refractivity contribution in [3.63, 3.8) is 0 Å². The summed E-state index contributed by atoms with van der Waals surface area (Å²) in [6, 6.07) is 9.20. The zero-order valence-electron chi connectivity index (χ0n) is 12.8. The van der Waals surface area contributed by atoms with E-state index in [1.807, 2.05) is 30.3 Å². The molecule has 0 bridgehead atoms. The molecule has 2 aromatic rings. The molecule has 0 amide bonds. The van der Waals surface area contributed by atoms with Gasteiger partial charge in [-0.1, -0.05) is 24.8 Å². The third kappa shape index (κ3) is 2.96. The van der Waals surface area contributed by atoms with Crippen LogP contribution in [0.2, 0.25) is 0 Å². The van der Waals surface area contributed by atoms with Crippen LogP contribution in [0.5, 0.6) is 0 Å². The Kier molecular flexibility index (Phi) is 4.81. The molecule has 2 rings (SSSR count). The van der Waals surface area contributed by atoms with Gasteiger partial charge in [-0.05, 0) is 12.1 Å². The molecule has 0 fully saturated rings. The van der Waals surface area contributed by atoms with Gasteiger partial charge in [0.25, 0.3) is 5.56 Å². The van der Waals surface area contributed by atoms with Crippen LogP contribution in [-0.4, -0.2) is 37.2 Å². The van der Waals surface area contributed by atoms with Crippen LogP contribution in [0.3, 0.4) is 0 Å². The lowest BCUT2D eigenvalue weighted by atomic mass is 10.3. The van der Waals surface area contributed by atoms with E-state index in [2.05, 4.69) is 17.0 Å². The molecule has 0 saturated heterocycles. The van der Waals surface area contributed by atoms with Crippen LogP contribution >= 0.6 is 0 Å². The average molecular weight is 305 g/mol. The molecule has 22 heavy (non-hydrogen) atoms. The molecule has 0 spiro atoms. The van der Waals surface area contributed by atoms with E-state index in [0.29, 0.717) is 16.3 Å². The predicted molar refractivity (Wildman–Crippen MR) is 82.5 cm³/mol. The molecular formula is C15H19N3O4. The molecular weight excluding hydrogens is 286 g/mol. The lowest BCUT2D eigenvalue weighted by Crippen LogP contribution is -2.50. The van der Waals surface area contributed by atoms with Crippen LogP contribution in [0.25, 0.3) is 18.5 Å². The number of methoxy groups -OCH3 is 3.